The van der Waals surface area contributed by atoms with Crippen molar-refractivity contribution in [1.82, 2.24) is 15.2 Å². The van der Waals surface area contributed by atoms with Crippen LogP contribution < -0.4 is 15.1 Å². The summed E-state index contributed by atoms with van der Waals surface area (Å²) in [5.74, 6) is -0.00279. The second-order valence-electron chi connectivity index (χ2n) is 10.9. The number of carbonyl (C=O) groups excluding carboxylic acids is 1. The molecule has 0 spiro atoms. The zero-order chi connectivity index (χ0) is 27.1. The summed E-state index contributed by atoms with van der Waals surface area (Å²) in [6, 6.07) is 12.5. The first-order valence-electron chi connectivity index (χ1n) is 13.4. The number of nitrogens with zero attached hydrogens (tertiary/aromatic N) is 4. The Morgan fingerprint density at radius 1 is 1.03 bits per heavy atom. The van der Waals surface area contributed by atoms with Crippen molar-refractivity contribution in [3.8, 4) is 22.4 Å². The fourth-order valence-electron chi connectivity index (χ4n) is 5.70. The zero-order valence-corrected chi connectivity index (χ0v) is 23.1. The van der Waals surface area contributed by atoms with Crippen LogP contribution >= 0.6 is 11.3 Å². The number of morpholine rings is 1. The lowest BCUT2D eigenvalue weighted by Gasteiger charge is -2.34. The average molecular weight is 548 g/mol. The molecule has 3 aliphatic heterocycles. The summed E-state index contributed by atoms with van der Waals surface area (Å²) in [6.07, 6.45) is 1.75. The molecule has 0 unspecified atom stereocenters. The van der Waals surface area contributed by atoms with Crippen LogP contribution in [0.3, 0.4) is 0 Å². The maximum Gasteiger partial charge on any atom is 0.407 e. The topological polar surface area (TPSA) is 98.2 Å². The number of carbonyl (C=O) groups is 2. The lowest BCUT2D eigenvalue weighted by atomic mass is 9.87. The summed E-state index contributed by atoms with van der Waals surface area (Å²) >= 11 is 1.58. The Kier molecular flexibility index (Phi) is 6.68. The monoisotopic (exact) mass is 547 g/mol. The van der Waals surface area contributed by atoms with Gasteiger partial charge in [-0.3, -0.25) is 9.78 Å². The number of thiophene rings is 1. The molecule has 10 heteroatoms. The molecule has 204 valence electrons. The van der Waals surface area contributed by atoms with Crippen molar-refractivity contribution in [3.63, 3.8) is 0 Å². The highest BCUT2D eigenvalue weighted by Gasteiger charge is 2.36. The Labute approximate surface area is 232 Å². The minimum atomic E-state index is -0.864. The lowest BCUT2D eigenvalue weighted by Crippen LogP contribution is -2.48. The second-order valence-corrected chi connectivity index (χ2v) is 11.9. The van der Waals surface area contributed by atoms with E-state index in [0.29, 0.717) is 39.4 Å². The maximum atomic E-state index is 13.1. The number of pyridine rings is 1. The molecule has 9 nitrogen and oxygen atoms in total. The number of nitrogens with one attached hydrogen (secondary N) is 1. The fraction of sp³-hybridized carbons (Fsp3) is 0.414. The summed E-state index contributed by atoms with van der Waals surface area (Å²) in [5, 5.41) is 13.6. The number of ether oxygens (including phenoxy) is 1. The molecule has 0 aliphatic carbocycles. The summed E-state index contributed by atoms with van der Waals surface area (Å²) in [4.78, 5) is 36.0. The number of carboxylic acid groups (broad SMARTS) is 1. The molecule has 2 saturated heterocycles. The highest BCUT2D eigenvalue weighted by atomic mass is 32.1. The minimum Gasteiger partial charge on any atom is -0.465 e. The number of piperazine rings is 1. The third kappa shape index (κ3) is 5.06. The number of hydrogen-bond acceptors (Lipinski definition) is 7. The van der Waals surface area contributed by atoms with E-state index in [4.69, 9.17) is 9.72 Å². The lowest BCUT2D eigenvalue weighted by molar-refractivity contribution is 0.0902. The van der Waals surface area contributed by atoms with Gasteiger partial charge in [-0.25, -0.2) is 4.79 Å². The van der Waals surface area contributed by atoms with Gasteiger partial charge >= 0.3 is 6.09 Å². The highest BCUT2D eigenvalue weighted by Crippen LogP contribution is 2.46. The van der Waals surface area contributed by atoms with E-state index in [9.17, 15) is 14.7 Å². The van der Waals surface area contributed by atoms with Crippen LogP contribution in [0, 0.1) is 0 Å². The molecule has 2 aromatic heterocycles. The van der Waals surface area contributed by atoms with Gasteiger partial charge in [-0.2, -0.15) is 0 Å². The zero-order valence-electron chi connectivity index (χ0n) is 22.3. The molecule has 0 radical (unpaired) electrons. The van der Waals surface area contributed by atoms with Gasteiger partial charge in [0.05, 0.1) is 23.8 Å². The predicted octanol–water partition coefficient (Wildman–Crippen LogP) is 4.18. The van der Waals surface area contributed by atoms with Crippen LogP contribution in [0.5, 0.6) is 0 Å². The summed E-state index contributed by atoms with van der Waals surface area (Å²) in [7, 11) is 0. The number of amides is 2. The van der Waals surface area contributed by atoms with E-state index in [1.807, 2.05) is 18.3 Å². The Balaban J connectivity index is 1.37. The van der Waals surface area contributed by atoms with Crippen molar-refractivity contribution in [3.05, 3.63) is 53.0 Å². The molecule has 6 rings (SSSR count). The van der Waals surface area contributed by atoms with Gasteiger partial charge < -0.3 is 29.9 Å². The van der Waals surface area contributed by atoms with Gasteiger partial charge in [0.1, 0.15) is 5.00 Å². The Morgan fingerprint density at radius 2 is 1.79 bits per heavy atom. The van der Waals surface area contributed by atoms with Crippen molar-refractivity contribution in [2.24, 2.45) is 0 Å². The van der Waals surface area contributed by atoms with E-state index < -0.39 is 6.09 Å². The van der Waals surface area contributed by atoms with Gasteiger partial charge in [-0.15, -0.1) is 11.3 Å². The number of anilines is 2. The third-order valence-electron chi connectivity index (χ3n) is 7.67. The van der Waals surface area contributed by atoms with E-state index in [-0.39, 0.29) is 11.4 Å². The quantitative estimate of drug-likeness (QED) is 0.506. The highest BCUT2D eigenvalue weighted by molar-refractivity contribution is 7.19. The molecular formula is C29H33N5O4S. The Hall–Kier alpha value is -3.63. The van der Waals surface area contributed by atoms with Gasteiger partial charge in [0.2, 0.25) is 0 Å². The van der Waals surface area contributed by atoms with Crippen LogP contribution in [0.4, 0.5) is 15.5 Å². The predicted molar refractivity (Wildman–Crippen MR) is 153 cm³/mol. The SMILES string of the molecule is CC1(C)Cc2c(sc(N3CCOCC3)c2-c2ccnc(-c3cccc(N4CCN(C(=O)O)CC4)c3)c2)C(=O)N1. The molecule has 0 saturated carbocycles. The molecule has 3 aliphatic rings. The maximum absolute atomic E-state index is 13.1. The Bertz CT molecular complexity index is 1410. The van der Waals surface area contributed by atoms with Gasteiger partial charge in [0, 0.05) is 67.8 Å². The van der Waals surface area contributed by atoms with Crippen molar-refractivity contribution < 1.29 is 19.4 Å². The standard InChI is InChI=1S/C29H33N5O4S/c1-29(2)18-22-24(27(33-12-14-38-15-13-33)39-25(22)26(35)31-29)20-6-7-30-23(17-20)19-4-3-5-21(16-19)32-8-10-34(11-9-32)28(36)37/h3-7,16-17H,8-15,18H2,1-2H3,(H,31,35)(H,36,37). The van der Waals surface area contributed by atoms with Crippen molar-refractivity contribution >= 4 is 34.0 Å². The van der Waals surface area contributed by atoms with Crippen LogP contribution in [0.15, 0.2) is 42.6 Å². The summed E-state index contributed by atoms with van der Waals surface area (Å²) in [6.45, 7) is 9.39. The van der Waals surface area contributed by atoms with Crippen LogP contribution in [0.25, 0.3) is 22.4 Å². The molecule has 0 atom stereocenters. The third-order valence-corrected chi connectivity index (χ3v) is 8.96. The van der Waals surface area contributed by atoms with E-state index >= 15 is 0 Å². The number of benzene rings is 1. The normalized spacial score (nSPS) is 19.0. The van der Waals surface area contributed by atoms with Crippen LogP contribution in [0.2, 0.25) is 0 Å². The van der Waals surface area contributed by atoms with E-state index in [1.165, 1.54) is 4.90 Å². The summed E-state index contributed by atoms with van der Waals surface area (Å²) < 4.78 is 5.62. The molecule has 3 aromatic rings. The Morgan fingerprint density at radius 3 is 2.54 bits per heavy atom. The van der Waals surface area contributed by atoms with Crippen LogP contribution in [0.1, 0.15) is 29.1 Å². The largest absolute Gasteiger partial charge is 0.465 e. The smallest absolute Gasteiger partial charge is 0.407 e. The molecule has 2 N–H and O–H groups in total. The summed E-state index contributed by atoms with van der Waals surface area (Å²) in [5.41, 5.74) is 5.91. The van der Waals surface area contributed by atoms with Crippen molar-refractivity contribution in [2.45, 2.75) is 25.8 Å². The molecule has 2 amide bonds. The van der Waals surface area contributed by atoms with Crippen molar-refractivity contribution in [2.75, 3.05) is 62.3 Å². The minimum absolute atomic E-state index is 0.00279. The van der Waals surface area contributed by atoms with E-state index in [1.54, 1.807) is 11.3 Å². The van der Waals surface area contributed by atoms with Crippen molar-refractivity contribution in [1.29, 1.82) is 0 Å². The first-order valence-corrected chi connectivity index (χ1v) is 14.2. The second kappa shape index (κ2) is 10.2. The fourth-order valence-corrected chi connectivity index (χ4v) is 6.99. The first-order chi connectivity index (χ1) is 18.8. The average Bonchev–Trinajstić information content (AvgIpc) is 3.32. The number of fused-ring (bicyclic) bond motifs is 1. The molecule has 2 fully saturated rings. The number of aromatic nitrogens is 1. The molecular weight excluding hydrogens is 514 g/mol. The number of rotatable bonds is 4. The van der Waals surface area contributed by atoms with E-state index in [0.717, 1.165) is 63.0 Å². The van der Waals surface area contributed by atoms with Crippen LogP contribution in [-0.2, 0) is 11.2 Å². The van der Waals surface area contributed by atoms with Gasteiger partial charge in [-0.1, -0.05) is 12.1 Å². The van der Waals surface area contributed by atoms with E-state index in [2.05, 4.69) is 53.2 Å². The first kappa shape index (κ1) is 25.6. The molecule has 5 heterocycles. The van der Waals surface area contributed by atoms with Crippen LogP contribution in [-0.4, -0.2) is 85.0 Å². The molecule has 39 heavy (non-hydrogen) atoms. The van der Waals surface area contributed by atoms with Gasteiger partial charge in [-0.05, 0) is 55.7 Å². The molecule has 0 bridgehead atoms. The van der Waals surface area contributed by atoms with Gasteiger partial charge in [0.25, 0.3) is 5.91 Å². The molecule has 1 aromatic carbocycles. The van der Waals surface area contributed by atoms with Gasteiger partial charge in [0.15, 0.2) is 0 Å². The number of hydrogen-bond donors (Lipinski definition) is 2.